The third kappa shape index (κ3) is 3.59. The summed E-state index contributed by atoms with van der Waals surface area (Å²) in [6.45, 7) is 2.51. The number of anilines is 3. The van der Waals surface area contributed by atoms with Gasteiger partial charge in [0.1, 0.15) is 5.69 Å². The molecule has 1 heterocycles. The molecule has 8 heteroatoms. The van der Waals surface area contributed by atoms with Gasteiger partial charge in [0.15, 0.2) is 0 Å². The Morgan fingerprint density at radius 2 is 2.04 bits per heavy atom. The van der Waals surface area contributed by atoms with E-state index in [1.54, 1.807) is 11.0 Å². The normalized spacial score (nSPS) is 13.1. The van der Waals surface area contributed by atoms with Crippen LogP contribution in [0.4, 0.5) is 22.7 Å². The van der Waals surface area contributed by atoms with E-state index in [2.05, 4.69) is 10.1 Å². The van der Waals surface area contributed by atoms with Gasteiger partial charge in [0.05, 0.1) is 17.6 Å². The van der Waals surface area contributed by atoms with E-state index in [1.807, 2.05) is 19.1 Å². The van der Waals surface area contributed by atoms with Crippen LogP contribution < -0.4 is 10.2 Å². The van der Waals surface area contributed by atoms with Gasteiger partial charge in [-0.2, -0.15) is 0 Å². The highest BCUT2D eigenvalue weighted by Crippen LogP contribution is 2.33. The topological polar surface area (TPSA) is 102 Å². The van der Waals surface area contributed by atoms with Crippen molar-refractivity contribution in [2.45, 2.75) is 19.8 Å². The summed E-state index contributed by atoms with van der Waals surface area (Å²) in [6, 6.07) is 9.48. The Labute approximate surface area is 155 Å². The van der Waals surface area contributed by atoms with Gasteiger partial charge in [-0.05, 0) is 49.2 Å². The number of esters is 1. The van der Waals surface area contributed by atoms with Gasteiger partial charge in [-0.1, -0.05) is 0 Å². The van der Waals surface area contributed by atoms with Gasteiger partial charge in [-0.15, -0.1) is 0 Å². The number of nitro benzene ring substituents is 1. The fourth-order valence-electron chi connectivity index (χ4n) is 3.18. The highest BCUT2D eigenvalue weighted by atomic mass is 16.6. The van der Waals surface area contributed by atoms with Crippen LogP contribution in [0.15, 0.2) is 36.4 Å². The summed E-state index contributed by atoms with van der Waals surface area (Å²) >= 11 is 0. The molecule has 0 unspecified atom stereocenters. The van der Waals surface area contributed by atoms with E-state index < -0.39 is 10.9 Å². The van der Waals surface area contributed by atoms with Crippen molar-refractivity contribution in [2.24, 2.45) is 0 Å². The molecule has 0 saturated carbocycles. The first-order valence-corrected chi connectivity index (χ1v) is 8.51. The van der Waals surface area contributed by atoms with Crippen LogP contribution in [0.3, 0.4) is 0 Å². The molecule has 2 aromatic rings. The lowest BCUT2D eigenvalue weighted by Gasteiger charge is -2.28. The van der Waals surface area contributed by atoms with Gasteiger partial charge in [0.2, 0.25) is 5.91 Å². The molecule has 2 aromatic carbocycles. The lowest BCUT2D eigenvalue weighted by Crippen LogP contribution is -2.34. The van der Waals surface area contributed by atoms with Crippen molar-refractivity contribution >= 4 is 34.6 Å². The summed E-state index contributed by atoms with van der Waals surface area (Å²) in [6.07, 6.45) is 1.05. The zero-order chi connectivity index (χ0) is 19.6. The predicted molar refractivity (Wildman–Crippen MR) is 101 cm³/mol. The van der Waals surface area contributed by atoms with Gasteiger partial charge in [-0.3, -0.25) is 14.9 Å². The van der Waals surface area contributed by atoms with Crippen molar-refractivity contribution in [3.63, 3.8) is 0 Å². The summed E-state index contributed by atoms with van der Waals surface area (Å²) in [5.41, 5.74) is 2.76. The van der Waals surface area contributed by atoms with E-state index in [1.165, 1.54) is 25.3 Å². The minimum absolute atomic E-state index is 0.0899. The molecule has 0 bridgehead atoms. The molecule has 1 amide bonds. The van der Waals surface area contributed by atoms with E-state index in [9.17, 15) is 19.7 Å². The van der Waals surface area contributed by atoms with Crippen LogP contribution in [0.25, 0.3) is 0 Å². The van der Waals surface area contributed by atoms with Crippen LogP contribution in [0.5, 0.6) is 0 Å². The first-order valence-electron chi connectivity index (χ1n) is 8.51. The molecule has 0 radical (unpaired) electrons. The fraction of sp³-hybridized carbons (Fsp3) is 0.263. The number of carbonyl (C=O) groups excluding carboxylic acids is 2. The number of methoxy groups -OCH3 is 1. The molecule has 140 valence electrons. The minimum Gasteiger partial charge on any atom is -0.465 e. The molecule has 1 N–H and O–H groups in total. The Morgan fingerprint density at radius 3 is 2.70 bits per heavy atom. The zero-order valence-electron chi connectivity index (χ0n) is 15.0. The quantitative estimate of drug-likeness (QED) is 0.492. The molecule has 3 rings (SSSR count). The number of benzene rings is 2. The second-order valence-electron chi connectivity index (χ2n) is 6.09. The molecule has 0 saturated heterocycles. The number of rotatable bonds is 5. The van der Waals surface area contributed by atoms with Gasteiger partial charge < -0.3 is 15.0 Å². The Balaban J connectivity index is 1.96. The van der Waals surface area contributed by atoms with Crippen molar-refractivity contribution in [3.05, 3.63) is 57.6 Å². The average Bonchev–Trinajstić information content (AvgIpc) is 2.67. The van der Waals surface area contributed by atoms with Gasteiger partial charge in [0.25, 0.3) is 5.69 Å². The number of ether oxygens (including phenoxy) is 1. The van der Waals surface area contributed by atoms with Crippen LogP contribution in [0.2, 0.25) is 0 Å². The van der Waals surface area contributed by atoms with E-state index in [4.69, 9.17) is 0 Å². The molecule has 1 aliphatic heterocycles. The van der Waals surface area contributed by atoms with Crippen LogP contribution in [-0.2, 0) is 16.0 Å². The first-order chi connectivity index (χ1) is 12.9. The summed E-state index contributed by atoms with van der Waals surface area (Å²) in [5, 5.41) is 14.3. The summed E-state index contributed by atoms with van der Waals surface area (Å²) in [7, 11) is 1.25. The number of carbonyl (C=O) groups is 2. The number of hydrogen-bond donors (Lipinski definition) is 1. The Hall–Kier alpha value is -3.42. The summed E-state index contributed by atoms with van der Waals surface area (Å²) in [5.74, 6) is -0.484. The van der Waals surface area contributed by atoms with Crippen molar-refractivity contribution in [1.29, 1.82) is 0 Å². The molecule has 1 aliphatic rings. The zero-order valence-corrected chi connectivity index (χ0v) is 15.0. The third-order valence-corrected chi connectivity index (χ3v) is 4.49. The first kappa shape index (κ1) is 18.4. The van der Waals surface area contributed by atoms with E-state index in [0.29, 0.717) is 25.1 Å². The standard InChI is InChI=1S/C19H19N3O5/c1-3-21-16-8-6-14(10-12(16)5-9-18(21)23)20-15-11-13(19(24)27-2)4-7-17(15)22(25)26/h4,6-8,10-11,20H,3,5,9H2,1-2H3. The molecule has 0 aliphatic carbocycles. The van der Waals surface area contributed by atoms with Crippen LogP contribution in [-0.4, -0.2) is 30.5 Å². The lowest BCUT2D eigenvalue weighted by molar-refractivity contribution is -0.383. The van der Waals surface area contributed by atoms with Crippen LogP contribution >= 0.6 is 0 Å². The number of fused-ring (bicyclic) bond motifs is 1. The molecular weight excluding hydrogens is 350 g/mol. The highest BCUT2D eigenvalue weighted by molar-refractivity contribution is 5.97. The summed E-state index contributed by atoms with van der Waals surface area (Å²) < 4.78 is 4.68. The minimum atomic E-state index is -0.574. The average molecular weight is 369 g/mol. The second-order valence-corrected chi connectivity index (χ2v) is 6.09. The van der Waals surface area contributed by atoms with Gasteiger partial charge in [-0.25, -0.2) is 4.79 Å². The van der Waals surface area contributed by atoms with Crippen molar-refractivity contribution in [2.75, 3.05) is 23.9 Å². The Kier molecular flexibility index (Phi) is 5.07. The molecular formula is C19H19N3O5. The van der Waals surface area contributed by atoms with Crippen molar-refractivity contribution < 1.29 is 19.2 Å². The number of nitrogens with one attached hydrogen (secondary N) is 1. The molecule has 0 spiro atoms. The number of nitro groups is 1. The van der Waals surface area contributed by atoms with E-state index >= 15 is 0 Å². The van der Waals surface area contributed by atoms with Gasteiger partial charge >= 0.3 is 5.97 Å². The number of amides is 1. The highest BCUT2D eigenvalue weighted by Gasteiger charge is 2.23. The second kappa shape index (κ2) is 7.45. The van der Waals surface area contributed by atoms with Crippen molar-refractivity contribution in [1.82, 2.24) is 0 Å². The third-order valence-electron chi connectivity index (χ3n) is 4.49. The smallest absolute Gasteiger partial charge is 0.337 e. The largest absolute Gasteiger partial charge is 0.465 e. The molecule has 0 aromatic heterocycles. The summed E-state index contributed by atoms with van der Waals surface area (Å²) in [4.78, 5) is 36.3. The van der Waals surface area contributed by atoms with E-state index in [0.717, 1.165) is 11.3 Å². The molecule has 8 nitrogen and oxygen atoms in total. The molecule has 0 atom stereocenters. The van der Waals surface area contributed by atoms with Crippen LogP contribution in [0.1, 0.15) is 29.3 Å². The number of hydrogen-bond acceptors (Lipinski definition) is 6. The van der Waals surface area contributed by atoms with Gasteiger partial charge in [0, 0.05) is 30.4 Å². The lowest BCUT2D eigenvalue weighted by atomic mass is 10.0. The molecule has 27 heavy (non-hydrogen) atoms. The number of aryl methyl sites for hydroxylation is 1. The maximum Gasteiger partial charge on any atom is 0.337 e. The Bertz CT molecular complexity index is 926. The number of nitrogens with zero attached hydrogens (tertiary/aromatic N) is 2. The SMILES string of the molecule is CCN1C(=O)CCc2cc(Nc3cc(C(=O)OC)ccc3[N+](=O)[O-])ccc21. The predicted octanol–water partition coefficient (Wildman–Crippen LogP) is 3.42. The van der Waals surface area contributed by atoms with Crippen molar-refractivity contribution in [3.8, 4) is 0 Å². The van der Waals surface area contributed by atoms with Crippen LogP contribution in [0, 0.1) is 10.1 Å². The monoisotopic (exact) mass is 369 g/mol. The molecule has 0 fully saturated rings. The van der Waals surface area contributed by atoms with E-state index in [-0.39, 0.29) is 22.8 Å². The maximum absolute atomic E-state index is 12.0. The maximum atomic E-state index is 12.0. The fourth-order valence-corrected chi connectivity index (χ4v) is 3.18. The Morgan fingerprint density at radius 1 is 1.26 bits per heavy atom.